The van der Waals surface area contributed by atoms with Crippen LogP contribution in [0.2, 0.25) is 0 Å². The normalized spacial score (nSPS) is 17.0. The molecule has 0 spiro atoms. The van der Waals surface area contributed by atoms with Gasteiger partial charge in [-0.25, -0.2) is 9.97 Å². The molecule has 0 aliphatic carbocycles. The summed E-state index contributed by atoms with van der Waals surface area (Å²) < 4.78 is 42.9. The number of carbonyl (C=O) groups excluding carboxylic acids is 2. The van der Waals surface area contributed by atoms with Gasteiger partial charge in [0.25, 0.3) is 11.8 Å². The van der Waals surface area contributed by atoms with Crippen molar-refractivity contribution in [1.29, 1.82) is 0 Å². The van der Waals surface area contributed by atoms with E-state index in [2.05, 4.69) is 20.6 Å². The Bertz CT molecular complexity index is 1220. The maximum absolute atomic E-state index is 14.3. The molecule has 38 heavy (non-hydrogen) atoms. The van der Waals surface area contributed by atoms with Crippen LogP contribution in [0.15, 0.2) is 12.3 Å². The van der Waals surface area contributed by atoms with Crippen LogP contribution in [0.3, 0.4) is 0 Å². The second-order valence-corrected chi connectivity index (χ2v) is 12.8. The predicted octanol–water partition coefficient (Wildman–Crippen LogP) is 2.48. The Kier molecular flexibility index (Phi) is 8.02. The molecule has 2 amide bonds. The number of hydrogen-bond acceptors (Lipinski definition) is 7. The lowest BCUT2D eigenvalue weighted by molar-refractivity contribution is -0.137. The summed E-state index contributed by atoms with van der Waals surface area (Å²) >= 11 is 0.697. The standard InChI is InChI=1S/C24H34B2F3N5O3S/c1-12-8-7-9-34(12)20(36)16-17(38-19(31-16)18(35)33-24(25,26)22(5,6)37)13-11-30-15(32-21(2,3)4)10-14(13)23(27,28)29/h10-12,37H,7-9,25-26H2,1-6H3,(H,30,32)(H,33,35)/t12-/m0/s1. The van der Waals surface area contributed by atoms with Crippen molar-refractivity contribution in [3.8, 4) is 10.4 Å². The minimum Gasteiger partial charge on any atom is -0.390 e. The summed E-state index contributed by atoms with van der Waals surface area (Å²) in [5.74, 6) is -1.21. The number of amides is 2. The number of thiazole rings is 1. The molecule has 3 heterocycles. The van der Waals surface area contributed by atoms with E-state index in [1.807, 2.05) is 6.92 Å². The van der Waals surface area contributed by atoms with Crippen molar-refractivity contribution in [3.05, 3.63) is 28.5 Å². The zero-order valence-corrected chi connectivity index (χ0v) is 23.8. The Balaban J connectivity index is 2.17. The van der Waals surface area contributed by atoms with E-state index < -0.39 is 40.0 Å². The van der Waals surface area contributed by atoms with Gasteiger partial charge in [0, 0.05) is 35.2 Å². The van der Waals surface area contributed by atoms with E-state index >= 15 is 0 Å². The van der Waals surface area contributed by atoms with Gasteiger partial charge in [0.15, 0.2) is 5.01 Å². The van der Waals surface area contributed by atoms with E-state index in [-0.39, 0.29) is 33.0 Å². The number of nitrogens with one attached hydrogen (secondary N) is 2. The molecule has 1 atom stereocenters. The van der Waals surface area contributed by atoms with Crippen LogP contribution in [-0.4, -0.2) is 76.5 Å². The summed E-state index contributed by atoms with van der Waals surface area (Å²) in [5, 5.41) is 14.8. The number of carbonyl (C=O) groups is 2. The van der Waals surface area contributed by atoms with Crippen LogP contribution in [0, 0.1) is 0 Å². The molecule has 2 aromatic rings. The quantitative estimate of drug-likeness (QED) is 0.477. The highest BCUT2D eigenvalue weighted by atomic mass is 32.1. The van der Waals surface area contributed by atoms with E-state index in [1.54, 1.807) is 41.4 Å². The molecule has 206 valence electrons. The van der Waals surface area contributed by atoms with Crippen molar-refractivity contribution in [2.75, 3.05) is 11.9 Å². The number of halogens is 3. The largest absolute Gasteiger partial charge is 0.417 e. The molecule has 1 aliphatic heterocycles. The van der Waals surface area contributed by atoms with Gasteiger partial charge in [-0.1, -0.05) is 0 Å². The molecule has 1 saturated heterocycles. The predicted molar refractivity (Wildman–Crippen MR) is 147 cm³/mol. The van der Waals surface area contributed by atoms with E-state index in [0.717, 1.165) is 25.1 Å². The number of aromatic nitrogens is 2. The fourth-order valence-corrected chi connectivity index (χ4v) is 4.91. The number of hydrogen-bond donors (Lipinski definition) is 3. The number of anilines is 1. The van der Waals surface area contributed by atoms with Gasteiger partial charge in [-0.2, -0.15) is 13.2 Å². The summed E-state index contributed by atoms with van der Waals surface area (Å²) in [4.78, 5) is 36.6. The van der Waals surface area contributed by atoms with Gasteiger partial charge in [-0.05, 0) is 60.5 Å². The summed E-state index contributed by atoms with van der Waals surface area (Å²) in [5.41, 5.74) is -3.39. The zero-order chi connectivity index (χ0) is 28.8. The highest BCUT2D eigenvalue weighted by Gasteiger charge is 2.40. The number of aliphatic hydroxyl groups is 1. The van der Waals surface area contributed by atoms with E-state index in [0.29, 0.717) is 17.9 Å². The molecule has 2 aromatic heterocycles. The van der Waals surface area contributed by atoms with E-state index in [9.17, 15) is 27.9 Å². The lowest BCUT2D eigenvalue weighted by atomic mass is 9.54. The van der Waals surface area contributed by atoms with Crippen LogP contribution in [0.1, 0.15) is 80.2 Å². The highest BCUT2D eigenvalue weighted by Crippen LogP contribution is 2.42. The third-order valence-electron chi connectivity index (χ3n) is 6.75. The van der Waals surface area contributed by atoms with Crippen molar-refractivity contribution >= 4 is 44.7 Å². The lowest BCUT2D eigenvalue weighted by Gasteiger charge is -2.38. The van der Waals surface area contributed by atoms with Crippen LogP contribution in [0.25, 0.3) is 10.4 Å². The number of likely N-dealkylation sites (tertiary alicyclic amines) is 1. The molecule has 3 rings (SSSR count). The smallest absolute Gasteiger partial charge is 0.390 e. The van der Waals surface area contributed by atoms with Crippen LogP contribution in [-0.2, 0) is 6.18 Å². The SMILES string of the molecule is BC(B)(NC(=O)c1nc(C(=O)N2CCC[C@@H]2C)c(-c2cnc(NC(C)(C)C)cc2C(F)(F)F)s1)C(C)(C)O. The first-order chi connectivity index (χ1) is 17.2. The monoisotopic (exact) mass is 551 g/mol. The fraction of sp³-hybridized carbons (Fsp3) is 0.583. The van der Waals surface area contributed by atoms with Crippen LogP contribution in [0.4, 0.5) is 19.0 Å². The third-order valence-corrected chi connectivity index (χ3v) is 7.84. The maximum atomic E-state index is 14.3. The second-order valence-electron chi connectivity index (χ2n) is 11.8. The van der Waals surface area contributed by atoms with Crippen LogP contribution >= 0.6 is 11.3 Å². The molecule has 0 bridgehead atoms. The summed E-state index contributed by atoms with van der Waals surface area (Å²) in [6.45, 7) is 10.8. The number of rotatable bonds is 6. The van der Waals surface area contributed by atoms with Gasteiger partial charge in [0.1, 0.15) is 27.2 Å². The molecule has 1 aliphatic rings. The third kappa shape index (κ3) is 6.51. The van der Waals surface area contributed by atoms with Crippen LogP contribution < -0.4 is 10.6 Å². The fourth-order valence-electron chi connectivity index (χ4n) is 3.93. The molecular formula is C24H34B2F3N5O3S. The van der Waals surface area contributed by atoms with Crippen molar-refractivity contribution in [2.24, 2.45) is 0 Å². The Morgan fingerprint density at radius 3 is 2.32 bits per heavy atom. The first-order valence-electron chi connectivity index (χ1n) is 12.4. The van der Waals surface area contributed by atoms with Crippen molar-refractivity contribution in [3.63, 3.8) is 0 Å². The minimum absolute atomic E-state index is 0.0315. The molecule has 0 radical (unpaired) electrons. The van der Waals surface area contributed by atoms with Gasteiger partial charge in [-0.15, -0.1) is 11.3 Å². The molecule has 14 heteroatoms. The zero-order valence-electron chi connectivity index (χ0n) is 23.0. The average Bonchev–Trinajstić information content (AvgIpc) is 3.37. The Morgan fingerprint density at radius 1 is 1.18 bits per heavy atom. The van der Waals surface area contributed by atoms with Gasteiger partial charge in [0.2, 0.25) is 0 Å². The molecule has 1 fully saturated rings. The Hall–Kier alpha value is -2.60. The molecule has 0 aromatic carbocycles. The Labute approximate surface area is 226 Å². The first kappa shape index (κ1) is 29.9. The summed E-state index contributed by atoms with van der Waals surface area (Å²) in [7, 11) is 3.23. The highest BCUT2D eigenvalue weighted by molar-refractivity contribution is 7.17. The second kappa shape index (κ2) is 10.2. The van der Waals surface area contributed by atoms with Gasteiger partial charge >= 0.3 is 6.18 Å². The molecule has 3 N–H and O–H groups in total. The number of alkyl halides is 3. The van der Waals surface area contributed by atoms with Gasteiger partial charge in [-0.3, -0.25) is 9.59 Å². The van der Waals surface area contributed by atoms with Crippen LogP contribution in [0.5, 0.6) is 0 Å². The molecule has 8 nitrogen and oxygen atoms in total. The van der Waals surface area contributed by atoms with Crippen molar-refractivity contribution in [1.82, 2.24) is 20.2 Å². The van der Waals surface area contributed by atoms with Gasteiger partial charge in [0.05, 0.1) is 16.0 Å². The maximum Gasteiger partial charge on any atom is 0.417 e. The summed E-state index contributed by atoms with van der Waals surface area (Å²) in [6.07, 6.45) is -2.16. The molecule has 0 saturated carbocycles. The molecular weight excluding hydrogens is 517 g/mol. The lowest BCUT2D eigenvalue weighted by Crippen LogP contribution is -2.63. The summed E-state index contributed by atoms with van der Waals surface area (Å²) in [6, 6.07) is 0.798. The van der Waals surface area contributed by atoms with Gasteiger partial charge < -0.3 is 20.6 Å². The number of nitrogens with zero attached hydrogens (tertiary/aromatic N) is 3. The van der Waals surface area contributed by atoms with E-state index in [4.69, 9.17) is 0 Å². The average molecular weight is 551 g/mol. The van der Waals surface area contributed by atoms with Crippen molar-refractivity contribution in [2.45, 2.75) is 83.1 Å². The minimum atomic E-state index is -4.76. The van der Waals surface area contributed by atoms with Crippen molar-refractivity contribution < 1.29 is 27.9 Å². The van der Waals surface area contributed by atoms with E-state index in [1.165, 1.54) is 13.8 Å². The first-order valence-corrected chi connectivity index (χ1v) is 13.3. The topological polar surface area (TPSA) is 107 Å². The Morgan fingerprint density at radius 2 is 1.82 bits per heavy atom. The number of pyridine rings is 1. The molecule has 0 unspecified atom stereocenters.